The molecule has 5 heterocycles. The third-order valence-corrected chi connectivity index (χ3v) is 7.17. The van der Waals surface area contributed by atoms with Gasteiger partial charge in [-0.05, 0) is 65.9 Å². The Morgan fingerprint density at radius 1 is 1.08 bits per heavy atom. The molecular weight excluding hydrogens is 338 g/mol. The second-order valence-electron chi connectivity index (χ2n) is 7.67. The van der Waals surface area contributed by atoms with Crippen molar-refractivity contribution in [1.29, 1.82) is 0 Å². The lowest BCUT2D eigenvalue weighted by Gasteiger charge is -2.51. The molecule has 4 aliphatic heterocycles. The molecule has 1 aromatic heterocycles. The summed E-state index contributed by atoms with van der Waals surface area (Å²) < 4.78 is 28.4. The highest BCUT2D eigenvalue weighted by Crippen LogP contribution is 2.47. The smallest absolute Gasteiger partial charge is 0.162 e. The topological polar surface area (TPSA) is 6.48 Å². The second-order valence-corrected chi connectivity index (χ2v) is 8.45. The average Bonchev–Trinajstić information content (AvgIpc) is 3.28. The number of fused-ring (bicyclic) bond motifs is 2. The van der Waals surface area contributed by atoms with Crippen LogP contribution in [0.25, 0.3) is 0 Å². The fourth-order valence-electron chi connectivity index (χ4n) is 5.42. The van der Waals surface area contributed by atoms with Crippen molar-refractivity contribution in [2.75, 3.05) is 19.6 Å². The van der Waals surface area contributed by atoms with Crippen LogP contribution in [0.15, 0.2) is 35.0 Å². The van der Waals surface area contributed by atoms with E-state index in [4.69, 9.17) is 0 Å². The van der Waals surface area contributed by atoms with Crippen molar-refractivity contribution in [2.45, 2.75) is 37.4 Å². The third kappa shape index (κ3) is 2.56. The molecule has 0 saturated carbocycles. The van der Waals surface area contributed by atoms with Gasteiger partial charge in [0, 0.05) is 31.1 Å². The number of likely N-dealkylation sites (tertiary alicyclic amines) is 1. The first-order valence-corrected chi connectivity index (χ1v) is 10.1. The van der Waals surface area contributed by atoms with Gasteiger partial charge in [0.25, 0.3) is 0 Å². The standard InChI is InChI=1S/C20H22F2N2S/c21-17-3-1-2-15(18(17)22)16-11-24(10-13-6-9-25-12-13)19-14-4-7-23(8-5-14)20(16)19/h1-3,6,9,12,14,16,19-20H,4-5,7-8,10-11H2/t16-,19+,20+/m0/s1. The van der Waals surface area contributed by atoms with Crippen molar-refractivity contribution in [2.24, 2.45) is 5.92 Å². The van der Waals surface area contributed by atoms with Gasteiger partial charge < -0.3 is 0 Å². The molecule has 0 unspecified atom stereocenters. The van der Waals surface area contributed by atoms with E-state index in [9.17, 15) is 8.78 Å². The number of rotatable bonds is 3. The van der Waals surface area contributed by atoms with Crippen molar-refractivity contribution < 1.29 is 8.78 Å². The summed E-state index contributed by atoms with van der Waals surface area (Å²) in [6.45, 7) is 3.94. The van der Waals surface area contributed by atoms with Gasteiger partial charge in [0.2, 0.25) is 0 Å². The molecule has 4 saturated heterocycles. The molecular formula is C20H22F2N2S. The van der Waals surface area contributed by atoms with E-state index < -0.39 is 11.6 Å². The molecule has 25 heavy (non-hydrogen) atoms. The zero-order valence-corrected chi connectivity index (χ0v) is 14.9. The number of halogens is 2. The van der Waals surface area contributed by atoms with Crippen molar-refractivity contribution in [1.82, 2.24) is 9.80 Å². The third-order valence-electron chi connectivity index (χ3n) is 6.44. The minimum absolute atomic E-state index is 0.0578. The summed E-state index contributed by atoms with van der Waals surface area (Å²) in [7, 11) is 0. The molecule has 132 valence electrons. The molecule has 0 N–H and O–H groups in total. The minimum Gasteiger partial charge on any atom is -0.298 e. The lowest BCUT2D eigenvalue weighted by Crippen LogP contribution is -2.60. The Morgan fingerprint density at radius 3 is 2.68 bits per heavy atom. The number of thiophene rings is 1. The molecule has 3 atom stereocenters. The van der Waals surface area contributed by atoms with Crippen LogP contribution in [0.3, 0.4) is 0 Å². The lowest BCUT2D eigenvalue weighted by molar-refractivity contribution is -0.00885. The molecule has 1 aromatic carbocycles. The SMILES string of the molecule is Fc1cccc([C@@H]2CN(Cc3ccsc3)[C@@H]3C4CCN(CC4)[C@@H]32)c1F. The number of benzene rings is 1. The average molecular weight is 360 g/mol. The molecule has 2 bridgehead atoms. The Kier molecular flexibility index (Phi) is 3.91. The monoisotopic (exact) mass is 360 g/mol. The largest absolute Gasteiger partial charge is 0.298 e. The first-order chi connectivity index (χ1) is 12.2. The van der Waals surface area contributed by atoms with Crippen molar-refractivity contribution >= 4 is 11.3 Å². The first kappa shape index (κ1) is 15.9. The molecule has 0 radical (unpaired) electrons. The maximum Gasteiger partial charge on any atom is 0.162 e. The molecule has 4 fully saturated rings. The normalized spacial score (nSPS) is 34.4. The van der Waals surface area contributed by atoms with E-state index in [0.29, 0.717) is 23.6 Å². The minimum atomic E-state index is -0.721. The fourth-order valence-corrected chi connectivity index (χ4v) is 6.08. The van der Waals surface area contributed by atoms with Gasteiger partial charge in [0.1, 0.15) is 0 Å². The zero-order valence-electron chi connectivity index (χ0n) is 14.1. The van der Waals surface area contributed by atoms with E-state index in [0.717, 1.165) is 26.2 Å². The molecule has 6 rings (SSSR count). The van der Waals surface area contributed by atoms with Gasteiger partial charge in [-0.2, -0.15) is 11.3 Å². The second kappa shape index (κ2) is 6.15. The fraction of sp³-hybridized carbons (Fsp3) is 0.500. The van der Waals surface area contributed by atoms with Crippen LogP contribution in [0.4, 0.5) is 8.78 Å². The predicted molar refractivity (Wildman–Crippen MR) is 95.7 cm³/mol. The summed E-state index contributed by atoms with van der Waals surface area (Å²) in [5.41, 5.74) is 1.90. The Labute approximate surface area is 151 Å². The first-order valence-electron chi connectivity index (χ1n) is 9.15. The van der Waals surface area contributed by atoms with Gasteiger partial charge in [-0.1, -0.05) is 12.1 Å². The summed E-state index contributed by atoms with van der Waals surface area (Å²) in [5, 5.41) is 4.32. The Bertz CT molecular complexity index is 755. The van der Waals surface area contributed by atoms with Crippen LogP contribution in [0, 0.1) is 17.6 Å². The van der Waals surface area contributed by atoms with Gasteiger partial charge in [0.15, 0.2) is 11.6 Å². The van der Waals surface area contributed by atoms with Crippen LogP contribution in [0.5, 0.6) is 0 Å². The van der Waals surface area contributed by atoms with E-state index in [2.05, 4.69) is 26.6 Å². The lowest BCUT2D eigenvalue weighted by atomic mass is 9.75. The van der Waals surface area contributed by atoms with Crippen LogP contribution in [0.2, 0.25) is 0 Å². The Hall–Kier alpha value is -1.30. The number of hydrogen-bond donors (Lipinski definition) is 0. The van der Waals surface area contributed by atoms with Gasteiger partial charge in [-0.15, -0.1) is 0 Å². The highest BCUT2D eigenvalue weighted by molar-refractivity contribution is 7.07. The van der Waals surface area contributed by atoms with Crippen molar-refractivity contribution in [3.63, 3.8) is 0 Å². The van der Waals surface area contributed by atoms with E-state index in [1.807, 2.05) is 0 Å². The molecule has 0 spiro atoms. The van der Waals surface area contributed by atoms with Gasteiger partial charge in [-0.3, -0.25) is 9.80 Å². The molecule has 4 aliphatic rings. The van der Waals surface area contributed by atoms with Crippen LogP contribution < -0.4 is 0 Å². The number of nitrogens with zero attached hydrogens (tertiary/aromatic N) is 2. The van der Waals surface area contributed by atoms with Crippen LogP contribution in [-0.2, 0) is 6.54 Å². The van der Waals surface area contributed by atoms with Gasteiger partial charge in [0.05, 0.1) is 0 Å². The van der Waals surface area contributed by atoms with Crippen molar-refractivity contribution in [3.05, 3.63) is 57.8 Å². The summed E-state index contributed by atoms with van der Waals surface area (Å²) in [6, 6.07) is 7.63. The number of hydrogen-bond acceptors (Lipinski definition) is 3. The summed E-state index contributed by atoms with van der Waals surface area (Å²) in [5.74, 6) is -0.620. The van der Waals surface area contributed by atoms with Crippen LogP contribution in [-0.4, -0.2) is 41.5 Å². The zero-order chi connectivity index (χ0) is 17.0. The molecule has 0 aliphatic carbocycles. The molecule has 2 aromatic rings. The van der Waals surface area contributed by atoms with Gasteiger partial charge >= 0.3 is 0 Å². The number of piperidine rings is 3. The Balaban J connectivity index is 1.52. The van der Waals surface area contributed by atoms with E-state index in [-0.39, 0.29) is 5.92 Å². The maximum atomic E-state index is 14.5. The van der Waals surface area contributed by atoms with Crippen molar-refractivity contribution in [3.8, 4) is 0 Å². The van der Waals surface area contributed by atoms with Crippen LogP contribution in [0.1, 0.15) is 29.9 Å². The quantitative estimate of drug-likeness (QED) is 0.813. The predicted octanol–water partition coefficient (Wildman–Crippen LogP) is 4.09. The van der Waals surface area contributed by atoms with Gasteiger partial charge in [-0.25, -0.2) is 8.78 Å². The highest BCUT2D eigenvalue weighted by Gasteiger charge is 2.53. The maximum absolute atomic E-state index is 14.5. The molecule has 2 nitrogen and oxygen atoms in total. The van der Waals surface area contributed by atoms with Crippen LogP contribution >= 0.6 is 11.3 Å². The van der Waals surface area contributed by atoms with E-state index in [1.54, 1.807) is 23.5 Å². The molecule has 0 amide bonds. The van der Waals surface area contributed by atoms with E-state index in [1.165, 1.54) is 24.5 Å². The summed E-state index contributed by atoms with van der Waals surface area (Å²) in [4.78, 5) is 5.07. The Morgan fingerprint density at radius 2 is 1.92 bits per heavy atom. The summed E-state index contributed by atoms with van der Waals surface area (Å²) in [6.07, 6.45) is 2.47. The summed E-state index contributed by atoms with van der Waals surface area (Å²) >= 11 is 1.72. The molecule has 5 heteroatoms. The highest BCUT2D eigenvalue weighted by atomic mass is 32.1. The van der Waals surface area contributed by atoms with E-state index >= 15 is 0 Å².